The first-order valence-corrected chi connectivity index (χ1v) is 11.8. The van der Waals surface area contributed by atoms with Crippen molar-refractivity contribution in [2.24, 2.45) is 0 Å². The zero-order valence-electron chi connectivity index (χ0n) is 18.4. The monoisotopic (exact) mass is 452 g/mol. The van der Waals surface area contributed by atoms with Crippen molar-refractivity contribution in [2.45, 2.75) is 13.8 Å². The Hall–Kier alpha value is -3.27. The van der Waals surface area contributed by atoms with Gasteiger partial charge in [0.25, 0.3) is 0 Å². The number of rotatable bonds is 10. The van der Waals surface area contributed by atoms with Crippen molar-refractivity contribution >= 4 is 20.0 Å². The van der Waals surface area contributed by atoms with E-state index in [0.717, 1.165) is 24.3 Å². The van der Waals surface area contributed by atoms with Crippen LogP contribution in [-0.2, 0) is 18.3 Å². The molecule has 3 aromatic rings. The lowest BCUT2D eigenvalue weighted by molar-refractivity contribution is 0.162. The molecule has 0 saturated carbocycles. The van der Waals surface area contributed by atoms with Gasteiger partial charge >= 0.3 is 7.82 Å². The summed E-state index contributed by atoms with van der Waals surface area (Å²) in [5, 5.41) is 0. The molecule has 0 atom stereocenters. The van der Waals surface area contributed by atoms with Crippen LogP contribution in [0.2, 0.25) is 0 Å². The van der Waals surface area contributed by atoms with Crippen LogP contribution in [0.25, 0.3) is 12.2 Å². The summed E-state index contributed by atoms with van der Waals surface area (Å²) in [4.78, 5) is 0. The van der Waals surface area contributed by atoms with Crippen molar-refractivity contribution < 1.29 is 22.9 Å². The first-order chi connectivity index (χ1) is 15.6. The molecule has 168 valence electrons. The topological polar surface area (TPSA) is 54.0 Å². The maximum absolute atomic E-state index is 13.0. The van der Waals surface area contributed by atoms with Crippen molar-refractivity contribution in [1.82, 2.24) is 0 Å². The third-order valence-corrected chi connectivity index (χ3v) is 5.06. The largest absolute Gasteiger partial charge is 0.645 e. The number of phosphoric ester groups is 1. The second-order valence-corrected chi connectivity index (χ2v) is 7.77. The van der Waals surface area contributed by atoms with Gasteiger partial charge in [-0.1, -0.05) is 78.9 Å². The summed E-state index contributed by atoms with van der Waals surface area (Å²) in [6, 6.07) is 27.8. The van der Waals surface area contributed by atoms with Crippen LogP contribution in [0.15, 0.2) is 104 Å². The standard InChI is InChI=1S/C22H19O4P.C4H10O/c23-27(26-22-14-8-3-9-15-22,24-18-16-20-10-4-1-5-11-20)25-19-17-21-12-6-2-7-13-21;1-3-5-4-2/h1-19H;3-4H2,1-2H3/b18-16+,19-17+;. The highest BCUT2D eigenvalue weighted by Gasteiger charge is 2.29. The molecule has 6 heteroatoms. The number of ether oxygens (including phenoxy) is 1. The fraction of sp³-hybridized carbons (Fsp3) is 0.154. The summed E-state index contributed by atoms with van der Waals surface area (Å²) >= 11 is 0. The lowest BCUT2D eigenvalue weighted by atomic mass is 10.2. The Bertz CT molecular complexity index is 915. The van der Waals surface area contributed by atoms with E-state index in [9.17, 15) is 4.57 Å². The average molecular weight is 452 g/mol. The molecular weight excluding hydrogens is 423 g/mol. The third-order valence-electron chi connectivity index (χ3n) is 3.87. The van der Waals surface area contributed by atoms with E-state index >= 15 is 0 Å². The number of benzene rings is 3. The number of hydrogen-bond donors (Lipinski definition) is 0. The van der Waals surface area contributed by atoms with Gasteiger partial charge in [0, 0.05) is 13.2 Å². The first-order valence-electron chi connectivity index (χ1n) is 10.4. The lowest BCUT2D eigenvalue weighted by Crippen LogP contribution is -1.96. The summed E-state index contributed by atoms with van der Waals surface area (Å²) in [5.74, 6) is 0.391. The quantitative estimate of drug-likeness (QED) is 0.234. The minimum Gasteiger partial charge on any atom is -0.394 e. The van der Waals surface area contributed by atoms with E-state index in [4.69, 9.17) is 18.3 Å². The van der Waals surface area contributed by atoms with E-state index in [2.05, 4.69) is 0 Å². The minimum atomic E-state index is -3.89. The molecule has 0 saturated heterocycles. The fourth-order valence-electron chi connectivity index (χ4n) is 2.38. The van der Waals surface area contributed by atoms with Gasteiger partial charge in [-0.05, 0) is 49.3 Å². The van der Waals surface area contributed by atoms with Crippen LogP contribution in [0.5, 0.6) is 5.75 Å². The lowest BCUT2D eigenvalue weighted by Gasteiger charge is -2.15. The highest BCUT2D eigenvalue weighted by atomic mass is 31.2. The van der Waals surface area contributed by atoms with Crippen molar-refractivity contribution in [3.63, 3.8) is 0 Å². The molecule has 0 aliphatic carbocycles. The molecule has 3 aromatic carbocycles. The number of hydrogen-bond acceptors (Lipinski definition) is 5. The van der Waals surface area contributed by atoms with Gasteiger partial charge in [-0.2, -0.15) is 4.57 Å². The molecule has 0 N–H and O–H groups in total. The maximum atomic E-state index is 13.0. The van der Waals surface area contributed by atoms with Gasteiger partial charge in [-0.25, -0.2) is 0 Å². The summed E-state index contributed by atoms with van der Waals surface area (Å²) < 4.78 is 34.0. The Labute approximate surface area is 190 Å². The number of phosphoric acid groups is 1. The molecule has 0 aliphatic rings. The van der Waals surface area contributed by atoms with E-state index in [0.29, 0.717) is 5.75 Å². The molecule has 3 rings (SSSR count). The molecule has 0 heterocycles. The molecule has 0 radical (unpaired) electrons. The second kappa shape index (κ2) is 14.7. The normalized spacial score (nSPS) is 11.1. The van der Waals surface area contributed by atoms with Gasteiger partial charge < -0.3 is 18.3 Å². The maximum Gasteiger partial charge on any atom is 0.645 e. The molecule has 0 unspecified atom stereocenters. The van der Waals surface area contributed by atoms with Gasteiger partial charge in [0.15, 0.2) is 0 Å². The van der Waals surface area contributed by atoms with E-state index in [1.807, 2.05) is 80.6 Å². The number of para-hydroxylation sites is 1. The Kier molecular flexibility index (Phi) is 11.5. The molecule has 0 amide bonds. The average Bonchev–Trinajstić information content (AvgIpc) is 2.82. The van der Waals surface area contributed by atoms with Crippen LogP contribution < -0.4 is 4.52 Å². The minimum absolute atomic E-state index is 0.391. The van der Waals surface area contributed by atoms with Crippen LogP contribution in [-0.4, -0.2) is 13.2 Å². The van der Waals surface area contributed by atoms with Crippen LogP contribution in [0.4, 0.5) is 0 Å². The van der Waals surface area contributed by atoms with Gasteiger partial charge in [0.1, 0.15) is 5.75 Å². The highest BCUT2D eigenvalue weighted by Crippen LogP contribution is 2.50. The van der Waals surface area contributed by atoms with Crippen LogP contribution in [0, 0.1) is 0 Å². The van der Waals surface area contributed by atoms with Crippen molar-refractivity contribution in [2.75, 3.05) is 13.2 Å². The van der Waals surface area contributed by atoms with Crippen LogP contribution in [0.3, 0.4) is 0 Å². The summed E-state index contributed by atoms with van der Waals surface area (Å²) in [6.07, 6.45) is 6.00. The fourth-order valence-corrected chi connectivity index (χ4v) is 3.31. The smallest absolute Gasteiger partial charge is 0.394 e. The van der Waals surface area contributed by atoms with Crippen molar-refractivity contribution in [3.05, 3.63) is 115 Å². The van der Waals surface area contributed by atoms with Crippen molar-refractivity contribution in [1.29, 1.82) is 0 Å². The van der Waals surface area contributed by atoms with Crippen LogP contribution in [0.1, 0.15) is 25.0 Å². The second-order valence-electron chi connectivity index (χ2n) is 6.27. The van der Waals surface area contributed by atoms with Crippen LogP contribution >= 0.6 is 7.82 Å². The Morgan fingerprint density at radius 3 is 1.44 bits per heavy atom. The molecule has 0 aliphatic heterocycles. The molecule has 32 heavy (non-hydrogen) atoms. The molecule has 0 spiro atoms. The Balaban J connectivity index is 0.000000654. The van der Waals surface area contributed by atoms with E-state index in [1.54, 1.807) is 36.4 Å². The predicted octanol–water partition coefficient (Wildman–Crippen LogP) is 7.59. The predicted molar refractivity (Wildman–Crippen MR) is 130 cm³/mol. The van der Waals surface area contributed by atoms with E-state index in [1.165, 1.54) is 12.5 Å². The Morgan fingerprint density at radius 1 is 0.656 bits per heavy atom. The molecule has 0 bridgehead atoms. The zero-order chi connectivity index (χ0) is 22.9. The highest BCUT2D eigenvalue weighted by molar-refractivity contribution is 7.49. The molecule has 0 fully saturated rings. The van der Waals surface area contributed by atoms with E-state index < -0.39 is 7.82 Å². The Morgan fingerprint density at radius 2 is 1.06 bits per heavy atom. The van der Waals surface area contributed by atoms with Gasteiger partial charge in [-0.3, -0.25) is 0 Å². The third kappa shape index (κ3) is 10.2. The van der Waals surface area contributed by atoms with E-state index in [-0.39, 0.29) is 0 Å². The molecular formula is C26H29O5P. The van der Waals surface area contributed by atoms with Gasteiger partial charge in [-0.15, -0.1) is 0 Å². The van der Waals surface area contributed by atoms with Gasteiger partial charge in [0.05, 0.1) is 12.5 Å². The summed E-state index contributed by atoms with van der Waals surface area (Å²) in [5.41, 5.74) is 1.81. The summed E-state index contributed by atoms with van der Waals surface area (Å²) in [7, 11) is -3.89. The van der Waals surface area contributed by atoms with Gasteiger partial charge in [0.2, 0.25) is 0 Å². The summed E-state index contributed by atoms with van der Waals surface area (Å²) in [6.45, 7) is 5.67. The van der Waals surface area contributed by atoms with Crippen molar-refractivity contribution in [3.8, 4) is 5.75 Å². The first kappa shape index (κ1) is 25.0. The SMILES string of the molecule is CCOCC.O=P(O/C=C/c1ccccc1)(O/C=C/c1ccccc1)Oc1ccccc1. The molecule has 0 aromatic heterocycles. The molecule has 5 nitrogen and oxygen atoms in total. The zero-order valence-corrected chi connectivity index (χ0v) is 19.3.